The Labute approximate surface area is 152 Å². The molecule has 1 heterocycles. The number of hydrogen-bond donors (Lipinski definition) is 0. The molecule has 0 fully saturated rings. The fraction of sp³-hybridized carbons (Fsp3) is 0.0455. The van der Waals surface area contributed by atoms with Gasteiger partial charge in [-0.15, -0.1) is 0 Å². The van der Waals surface area contributed by atoms with Gasteiger partial charge in [0.05, 0.1) is 12.2 Å². The highest BCUT2D eigenvalue weighted by Crippen LogP contribution is 2.33. The Balaban J connectivity index is 1.77. The smallest absolute Gasteiger partial charge is 0.258 e. The first-order chi connectivity index (χ1) is 12.2. The Kier molecular flexibility index (Phi) is 4.12. The van der Waals surface area contributed by atoms with Crippen molar-refractivity contribution < 1.29 is 4.79 Å². The van der Waals surface area contributed by atoms with Crippen LogP contribution >= 0.6 is 11.6 Å². The van der Waals surface area contributed by atoms with Crippen molar-refractivity contribution in [3.8, 4) is 0 Å². The van der Waals surface area contributed by atoms with Crippen molar-refractivity contribution in [2.45, 2.75) is 0 Å². The van der Waals surface area contributed by atoms with Gasteiger partial charge in [0.1, 0.15) is 0 Å². The molecule has 1 amide bonds. The van der Waals surface area contributed by atoms with E-state index in [1.54, 1.807) is 24.3 Å². The molecular weight excluding hydrogens is 330 g/mol. The Bertz CT molecular complexity index is 945. The van der Waals surface area contributed by atoms with Gasteiger partial charge in [0, 0.05) is 10.6 Å². The molecule has 0 saturated heterocycles. The molecule has 25 heavy (non-hydrogen) atoms. The van der Waals surface area contributed by atoms with Crippen LogP contribution in [0.5, 0.6) is 0 Å². The minimum atomic E-state index is -0.0225. The number of halogens is 1. The average molecular weight is 346 g/mol. The number of carbonyl (C=O) groups excluding carboxylic acids is 1. The second kappa shape index (κ2) is 6.58. The molecule has 0 spiro atoms. The molecule has 0 unspecified atom stereocenters. The molecule has 0 saturated carbocycles. The third kappa shape index (κ3) is 3.09. The van der Waals surface area contributed by atoms with Crippen LogP contribution in [0.2, 0.25) is 5.02 Å². The summed E-state index contributed by atoms with van der Waals surface area (Å²) in [5, 5.41) is 0.625. The van der Waals surface area contributed by atoms with Gasteiger partial charge >= 0.3 is 0 Å². The molecule has 0 radical (unpaired) electrons. The largest absolute Gasteiger partial charge is 0.303 e. The van der Waals surface area contributed by atoms with Crippen LogP contribution in [0.15, 0.2) is 78.9 Å². The van der Waals surface area contributed by atoms with Gasteiger partial charge in [0.15, 0.2) is 0 Å². The number of benzene rings is 3. The van der Waals surface area contributed by atoms with Crippen LogP contribution in [0.4, 0.5) is 5.69 Å². The van der Waals surface area contributed by atoms with E-state index in [0.29, 0.717) is 17.1 Å². The van der Waals surface area contributed by atoms with Gasteiger partial charge in [0.2, 0.25) is 0 Å². The van der Waals surface area contributed by atoms with Gasteiger partial charge in [-0.1, -0.05) is 60.1 Å². The number of carbonyl (C=O) groups is 1. The van der Waals surface area contributed by atoms with Crippen molar-refractivity contribution in [1.29, 1.82) is 0 Å². The number of hydrogen-bond acceptors (Lipinski definition) is 1. The third-order valence-electron chi connectivity index (χ3n) is 4.37. The Morgan fingerprint density at radius 3 is 2.28 bits per heavy atom. The van der Waals surface area contributed by atoms with E-state index in [9.17, 15) is 4.79 Å². The zero-order valence-corrected chi connectivity index (χ0v) is 14.3. The summed E-state index contributed by atoms with van der Waals surface area (Å²) >= 11 is 5.95. The summed E-state index contributed by atoms with van der Waals surface area (Å²) in [5.74, 6) is -0.0225. The second-order valence-electron chi connectivity index (χ2n) is 5.99. The number of rotatable bonds is 2. The molecule has 1 aliphatic rings. The van der Waals surface area contributed by atoms with E-state index in [1.165, 1.54) is 0 Å². The topological polar surface area (TPSA) is 20.3 Å². The molecule has 3 aromatic carbocycles. The number of para-hydroxylation sites is 1. The normalized spacial score (nSPS) is 13.2. The molecule has 3 heteroatoms. The predicted octanol–water partition coefficient (Wildman–Crippen LogP) is 5.54. The average Bonchev–Trinajstić information content (AvgIpc) is 2.68. The molecule has 0 bridgehead atoms. The highest BCUT2D eigenvalue weighted by Gasteiger charge is 2.24. The number of fused-ring (bicyclic) bond motifs is 1. The minimum absolute atomic E-state index is 0.0225. The van der Waals surface area contributed by atoms with Gasteiger partial charge in [0.25, 0.3) is 5.91 Å². The van der Waals surface area contributed by atoms with E-state index in [1.807, 2.05) is 47.4 Å². The summed E-state index contributed by atoms with van der Waals surface area (Å²) in [6, 6.07) is 25.2. The van der Waals surface area contributed by atoms with E-state index >= 15 is 0 Å². The molecule has 0 atom stereocenters. The molecule has 4 rings (SSSR count). The van der Waals surface area contributed by atoms with Crippen LogP contribution in [-0.4, -0.2) is 12.5 Å². The Morgan fingerprint density at radius 1 is 0.840 bits per heavy atom. The Morgan fingerprint density at radius 2 is 1.52 bits per heavy atom. The lowest BCUT2D eigenvalue weighted by molar-refractivity contribution is 0.0990. The standard InChI is InChI=1S/C22H16ClNO/c23-20-12-10-17(11-13-20)22(25)24-15-19(16-6-2-1-3-7-16)14-18-8-4-5-9-21(18)24/h1-14H,15H2. The SMILES string of the molecule is O=C(c1ccc(Cl)cc1)N1CC(c2ccccc2)=Cc2ccccc21. The maximum Gasteiger partial charge on any atom is 0.258 e. The van der Waals surface area contributed by atoms with E-state index in [-0.39, 0.29) is 5.91 Å². The molecule has 122 valence electrons. The van der Waals surface area contributed by atoms with Gasteiger partial charge in [-0.2, -0.15) is 0 Å². The molecule has 0 aromatic heterocycles. The van der Waals surface area contributed by atoms with Crippen molar-refractivity contribution in [2.75, 3.05) is 11.4 Å². The summed E-state index contributed by atoms with van der Waals surface area (Å²) in [6.07, 6.45) is 2.16. The van der Waals surface area contributed by atoms with E-state index in [0.717, 1.165) is 22.4 Å². The van der Waals surface area contributed by atoms with Crippen LogP contribution in [0.1, 0.15) is 21.5 Å². The van der Waals surface area contributed by atoms with Gasteiger partial charge in [-0.05, 0) is 53.1 Å². The molecule has 0 N–H and O–H groups in total. The van der Waals surface area contributed by atoms with Crippen molar-refractivity contribution in [2.24, 2.45) is 0 Å². The van der Waals surface area contributed by atoms with Gasteiger partial charge < -0.3 is 4.90 Å². The highest BCUT2D eigenvalue weighted by molar-refractivity contribution is 6.30. The lowest BCUT2D eigenvalue weighted by Crippen LogP contribution is -2.34. The summed E-state index contributed by atoms with van der Waals surface area (Å²) in [6.45, 7) is 0.544. The maximum absolute atomic E-state index is 13.1. The van der Waals surface area contributed by atoms with E-state index in [4.69, 9.17) is 11.6 Å². The lowest BCUT2D eigenvalue weighted by atomic mass is 9.96. The second-order valence-corrected chi connectivity index (χ2v) is 6.43. The van der Waals surface area contributed by atoms with E-state index < -0.39 is 0 Å². The summed E-state index contributed by atoms with van der Waals surface area (Å²) in [4.78, 5) is 14.9. The zero-order valence-electron chi connectivity index (χ0n) is 13.5. The summed E-state index contributed by atoms with van der Waals surface area (Å²) < 4.78 is 0. The molecule has 1 aliphatic heterocycles. The van der Waals surface area contributed by atoms with Crippen LogP contribution in [0.3, 0.4) is 0 Å². The van der Waals surface area contributed by atoms with Crippen molar-refractivity contribution in [3.05, 3.63) is 101 Å². The first-order valence-corrected chi connectivity index (χ1v) is 8.52. The van der Waals surface area contributed by atoms with Crippen molar-refractivity contribution in [1.82, 2.24) is 0 Å². The monoisotopic (exact) mass is 345 g/mol. The maximum atomic E-state index is 13.1. The quantitative estimate of drug-likeness (QED) is 0.597. The van der Waals surface area contributed by atoms with Crippen molar-refractivity contribution in [3.63, 3.8) is 0 Å². The molecule has 3 aromatic rings. The first kappa shape index (κ1) is 15.7. The van der Waals surface area contributed by atoms with Crippen LogP contribution in [-0.2, 0) is 0 Å². The van der Waals surface area contributed by atoms with Crippen LogP contribution in [0.25, 0.3) is 11.6 Å². The Hall–Kier alpha value is -2.84. The van der Waals surface area contributed by atoms with Crippen molar-refractivity contribution >= 4 is 34.8 Å². The lowest BCUT2D eigenvalue weighted by Gasteiger charge is -2.30. The summed E-state index contributed by atoms with van der Waals surface area (Å²) in [7, 11) is 0. The third-order valence-corrected chi connectivity index (χ3v) is 4.62. The minimum Gasteiger partial charge on any atom is -0.303 e. The molecule has 2 nitrogen and oxygen atoms in total. The number of nitrogens with zero attached hydrogens (tertiary/aromatic N) is 1. The van der Waals surface area contributed by atoms with Crippen LogP contribution in [0, 0.1) is 0 Å². The number of anilines is 1. The highest BCUT2D eigenvalue weighted by atomic mass is 35.5. The predicted molar refractivity (Wildman–Crippen MR) is 104 cm³/mol. The first-order valence-electron chi connectivity index (χ1n) is 8.15. The van der Waals surface area contributed by atoms with Gasteiger partial charge in [-0.25, -0.2) is 0 Å². The summed E-state index contributed by atoms with van der Waals surface area (Å²) in [5.41, 5.74) is 4.87. The number of amides is 1. The fourth-order valence-corrected chi connectivity index (χ4v) is 3.23. The van der Waals surface area contributed by atoms with Crippen LogP contribution < -0.4 is 4.90 Å². The fourth-order valence-electron chi connectivity index (χ4n) is 3.10. The zero-order chi connectivity index (χ0) is 17.2. The molecular formula is C22H16ClNO. The molecule has 0 aliphatic carbocycles. The van der Waals surface area contributed by atoms with E-state index in [2.05, 4.69) is 18.2 Å². The van der Waals surface area contributed by atoms with Gasteiger partial charge in [-0.3, -0.25) is 4.79 Å².